The Morgan fingerprint density at radius 3 is 2.31 bits per heavy atom. The zero-order valence-corrected chi connectivity index (χ0v) is 20.0. The van der Waals surface area contributed by atoms with Crippen LogP contribution in [0.2, 0.25) is 0 Å². The van der Waals surface area contributed by atoms with Crippen LogP contribution in [-0.4, -0.2) is 30.1 Å². The van der Waals surface area contributed by atoms with Gasteiger partial charge in [0.2, 0.25) is 0 Å². The molecule has 7 heteroatoms. The highest BCUT2D eigenvalue weighted by Gasteiger charge is 2.36. The number of hydrogen-bond donors (Lipinski definition) is 0. The average molecular weight is 509 g/mol. The second-order valence-corrected chi connectivity index (χ2v) is 8.37. The first-order valence-corrected chi connectivity index (χ1v) is 11.1. The molecule has 1 heterocycles. The smallest absolute Gasteiger partial charge is 0.281 e. The largest absolute Gasteiger partial charge is 0.493 e. The van der Waals surface area contributed by atoms with Crippen molar-refractivity contribution in [3.63, 3.8) is 0 Å². The third-order valence-electron chi connectivity index (χ3n) is 5.09. The fraction of sp³-hybridized carbons (Fsp3) is 0.120. The number of rotatable bonds is 6. The van der Waals surface area contributed by atoms with Gasteiger partial charge < -0.3 is 14.4 Å². The minimum Gasteiger partial charge on any atom is -0.493 e. The Morgan fingerprint density at radius 1 is 1.00 bits per heavy atom. The summed E-state index contributed by atoms with van der Waals surface area (Å²) in [6.07, 6.45) is 1.80. The fourth-order valence-electron chi connectivity index (χ4n) is 3.38. The SMILES string of the molecule is COc1cc(/C=C2/C(=O)N(c3ccccc3)C(=S)N2C)c(Br)cc1OCc1ccccc1. The Labute approximate surface area is 201 Å². The Bertz CT molecular complexity index is 1180. The van der Waals surface area contributed by atoms with E-state index in [9.17, 15) is 4.79 Å². The van der Waals surface area contributed by atoms with Crippen molar-refractivity contribution in [3.05, 3.63) is 94.1 Å². The van der Waals surface area contributed by atoms with Crippen molar-refractivity contribution in [2.45, 2.75) is 6.61 Å². The monoisotopic (exact) mass is 508 g/mol. The number of anilines is 1. The highest BCUT2D eigenvalue weighted by Crippen LogP contribution is 2.36. The van der Waals surface area contributed by atoms with Crippen molar-refractivity contribution in [2.75, 3.05) is 19.1 Å². The van der Waals surface area contributed by atoms with Gasteiger partial charge in [0.05, 0.1) is 12.8 Å². The van der Waals surface area contributed by atoms with Crippen molar-refractivity contribution >= 4 is 50.9 Å². The second kappa shape index (κ2) is 9.54. The molecule has 0 aliphatic carbocycles. The summed E-state index contributed by atoms with van der Waals surface area (Å²) in [6, 6.07) is 23.0. The van der Waals surface area contributed by atoms with Gasteiger partial charge in [0, 0.05) is 11.5 Å². The minimum absolute atomic E-state index is 0.182. The summed E-state index contributed by atoms with van der Waals surface area (Å²) in [4.78, 5) is 16.4. The number of halogens is 1. The van der Waals surface area contributed by atoms with Crippen LogP contribution in [-0.2, 0) is 11.4 Å². The topological polar surface area (TPSA) is 42.0 Å². The molecule has 1 amide bonds. The van der Waals surface area contributed by atoms with Gasteiger partial charge in [-0.1, -0.05) is 64.5 Å². The molecule has 162 valence electrons. The van der Waals surface area contributed by atoms with Crippen LogP contribution in [0.3, 0.4) is 0 Å². The van der Waals surface area contributed by atoms with E-state index >= 15 is 0 Å². The van der Waals surface area contributed by atoms with E-state index in [1.807, 2.05) is 72.8 Å². The lowest BCUT2D eigenvalue weighted by atomic mass is 10.1. The third-order valence-corrected chi connectivity index (χ3v) is 6.23. The van der Waals surface area contributed by atoms with Crippen molar-refractivity contribution in [1.29, 1.82) is 0 Å². The summed E-state index contributed by atoms with van der Waals surface area (Å²) >= 11 is 9.14. The van der Waals surface area contributed by atoms with E-state index < -0.39 is 0 Å². The molecule has 1 saturated heterocycles. The highest BCUT2D eigenvalue weighted by atomic mass is 79.9. The summed E-state index contributed by atoms with van der Waals surface area (Å²) < 4.78 is 12.3. The number of thiocarbonyl (C=S) groups is 1. The molecule has 0 saturated carbocycles. The number of amides is 1. The Kier molecular flexibility index (Phi) is 6.58. The maximum Gasteiger partial charge on any atom is 0.281 e. The first-order chi connectivity index (χ1) is 15.5. The lowest BCUT2D eigenvalue weighted by Crippen LogP contribution is -2.30. The van der Waals surface area contributed by atoms with Crippen molar-refractivity contribution < 1.29 is 14.3 Å². The molecule has 1 aliphatic heterocycles. The fourth-order valence-corrected chi connectivity index (χ4v) is 4.10. The molecule has 0 bridgehead atoms. The molecule has 3 aromatic rings. The van der Waals surface area contributed by atoms with E-state index in [0.29, 0.717) is 28.9 Å². The van der Waals surface area contributed by atoms with Crippen LogP contribution >= 0.6 is 28.1 Å². The van der Waals surface area contributed by atoms with Crippen molar-refractivity contribution in [3.8, 4) is 11.5 Å². The zero-order valence-electron chi connectivity index (χ0n) is 17.6. The molecule has 1 fully saturated rings. The number of hydrogen-bond acceptors (Lipinski definition) is 4. The van der Waals surface area contributed by atoms with Crippen LogP contribution in [0.25, 0.3) is 6.08 Å². The number of likely N-dealkylation sites (N-methyl/N-ethyl adjacent to an activating group) is 1. The maximum atomic E-state index is 13.2. The van der Waals surface area contributed by atoms with Crippen molar-refractivity contribution in [1.82, 2.24) is 4.90 Å². The summed E-state index contributed by atoms with van der Waals surface area (Å²) in [6.45, 7) is 0.422. The molecular formula is C25H21BrN2O3S. The van der Waals surface area contributed by atoms with E-state index in [0.717, 1.165) is 21.3 Å². The zero-order chi connectivity index (χ0) is 22.7. The molecule has 0 unspecified atom stereocenters. The molecule has 5 nitrogen and oxygen atoms in total. The van der Waals surface area contributed by atoms with Crippen LogP contribution in [0, 0.1) is 0 Å². The highest BCUT2D eigenvalue weighted by molar-refractivity contribution is 9.10. The predicted molar refractivity (Wildman–Crippen MR) is 134 cm³/mol. The van der Waals surface area contributed by atoms with Gasteiger partial charge in [0.1, 0.15) is 12.3 Å². The molecule has 1 aliphatic rings. The minimum atomic E-state index is -0.182. The molecule has 4 rings (SSSR count). The summed E-state index contributed by atoms with van der Waals surface area (Å²) in [5.41, 5.74) is 3.05. The third kappa shape index (κ3) is 4.40. The second-order valence-electron chi connectivity index (χ2n) is 7.15. The normalized spacial score (nSPS) is 14.9. The number of ether oxygens (including phenoxy) is 2. The van der Waals surface area contributed by atoms with Gasteiger partial charge in [-0.2, -0.15) is 0 Å². The summed E-state index contributed by atoms with van der Waals surface area (Å²) in [5, 5.41) is 0.429. The van der Waals surface area contributed by atoms with Gasteiger partial charge in [-0.05, 0) is 53.7 Å². The number of carbonyl (C=O) groups excluding carboxylic acids is 1. The van der Waals surface area contributed by atoms with Gasteiger partial charge in [0.25, 0.3) is 5.91 Å². The molecule has 0 atom stereocenters. The number of carbonyl (C=O) groups is 1. The summed E-state index contributed by atoms with van der Waals surface area (Å²) in [7, 11) is 3.38. The van der Waals surface area contributed by atoms with E-state index in [1.165, 1.54) is 4.90 Å². The predicted octanol–water partition coefficient (Wildman–Crippen LogP) is 5.64. The number of methoxy groups -OCH3 is 1. The Balaban J connectivity index is 1.63. The molecule has 0 N–H and O–H groups in total. The lowest BCUT2D eigenvalue weighted by molar-refractivity contribution is -0.114. The maximum absolute atomic E-state index is 13.2. The van der Waals surface area contributed by atoms with E-state index in [-0.39, 0.29) is 5.91 Å². The first-order valence-electron chi connectivity index (χ1n) is 9.92. The number of benzene rings is 3. The van der Waals surface area contributed by atoms with Crippen LogP contribution in [0.1, 0.15) is 11.1 Å². The standard InChI is InChI=1S/C25H21BrN2O3S/c1-27-21(24(29)28(25(27)32)19-11-7-4-8-12-19)13-18-14-22(30-2)23(15-20(18)26)31-16-17-9-5-3-6-10-17/h3-15H,16H2,1-2H3/b21-13-. The Morgan fingerprint density at radius 2 is 1.66 bits per heavy atom. The molecule has 3 aromatic carbocycles. The van der Waals surface area contributed by atoms with Gasteiger partial charge in [-0.25, -0.2) is 0 Å². The molecule has 32 heavy (non-hydrogen) atoms. The number of para-hydroxylation sites is 1. The van der Waals surface area contributed by atoms with E-state index in [4.69, 9.17) is 21.7 Å². The molecular weight excluding hydrogens is 488 g/mol. The molecule has 0 radical (unpaired) electrons. The van der Waals surface area contributed by atoms with Gasteiger partial charge in [-0.15, -0.1) is 0 Å². The van der Waals surface area contributed by atoms with Crippen LogP contribution in [0.15, 0.2) is 83.0 Å². The van der Waals surface area contributed by atoms with Crippen LogP contribution in [0.5, 0.6) is 11.5 Å². The molecule has 0 aromatic heterocycles. The van der Waals surface area contributed by atoms with E-state index in [1.54, 1.807) is 25.1 Å². The van der Waals surface area contributed by atoms with Gasteiger partial charge >= 0.3 is 0 Å². The number of nitrogens with zero attached hydrogens (tertiary/aromatic N) is 2. The Hall–Kier alpha value is -3.16. The van der Waals surface area contributed by atoms with Crippen LogP contribution < -0.4 is 14.4 Å². The van der Waals surface area contributed by atoms with Gasteiger partial charge in [-0.3, -0.25) is 9.69 Å². The summed E-state index contributed by atoms with van der Waals surface area (Å²) in [5.74, 6) is 1.00. The first kappa shape index (κ1) is 22.0. The molecule has 0 spiro atoms. The lowest BCUT2D eigenvalue weighted by Gasteiger charge is -2.16. The van der Waals surface area contributed by atoms with Crippen LogP contribution in [0.4, 0.5) is 5.69 Å². The van der Waals surface area contributed by atoms with Crippen molar-refractivity contribution in [2.24, 2.45) is 0 Å². The average Bonchev–Trinajstić information content (AvgIpc) is 3.03. The van der Waals surface area contributed by atoms with Gasteiger partial charge in [0.15, 0.2) is 16.6 Å². The quantitative estimate of drug-likeness (QED) is 0.318. The van der Waals surface area contributed by atoms with E-state index in [2.05, 4.69) is 15.9 Å².